The Morgan fingerprint density at radius 2 is 1.69 bits per heavy atom. The molecule has 180 valence electrons. The van der Waals surface area contributed by atoms with Gasteiger partial charge in [-0.2, -0.15) is 0 Å². The van der Waals surface area contributed by atoms with Crippen LogP contribution in [0.5, 0.6) is 0 Å². The zero-order valence-corrected chi connectivity index (χ0v) is 19.6. The molecule has 3 aromatic carbocycles. The van der Waals surface area contributed by atoms with Gasteiger partial charge in [-0.25, -0.2) is 18.0 Å². The molecule has 1 atom stereocenters. The number of aryl methyl sites for hydroxylation is 1. The fourth-order valence-electron chi connectivity index (χ4n) is 3.38. The molecule has 0 fully saturated rings. The largest absolute Gasteiger partial charge is 0.449 e. The lowest BCUT2D eigenvalue weighted by molar-refractivity contribution is -0.123. The fourth-order valence-corrected chi connectivity index (χ4v) is 4.48. The predicted octanol–water partition coefficient (Wildman–Crippen LogP) is 3.15. The number of sulfonamides is 1. The standard InChI is InChI=1S/C24H22N4O6S/c1-14-6-5-7-16(12-14)25-22(29)15(2)34-23(30)18-8-3-4-9-19(18)28-35(32,33)17-10-11-20-21(13-17)27-24(31)26-20/h3-13,15,28H,1-2H3,(H,25,29)(H2,26,27,31). The number of esters is 1. The molecule has 1 amide bonds. The highest BCUT2D eigenvalue weighted by Crippen LogP contribution is 2.23. The minimum atomic E-state index is -4.11. The summed E-state index contributed by atoms with van der Waals surface area (Å²) in [6.07, 6.45) is -1.14. The van der Waals surface area contributed by atoms with Gasteiger partial charge in [-0.15, -0.1) is 0 Å². The van der Waals surface area contributed by atoms with Crippen LogP contribution in [0.25, 0.3) is 11.0 Å². The number of benzene rings is 3. The van der Waals surface area contributed by atoms with Crippen molar-refractivity contribution in [3.63, 3.8) is 0 Å². The highest BCUT2D eigenvalue weighted by Gasteiger charge is 2.23. The van der Waals surface area contributed by atoms with Gasteiger partial charge in [0.2, 0.25) is 0 Å². The predicted molar refractivity (Wildman–Crippen MR) is 131 cm³/mol. The topological polar surface area (TPSA) is 150 Å². The second kappa shape index (κ2) is 9.47. The number of hydrogen-bond acceptors (Lipinski definition) is 6. The summed E-state index contributed by atoms with van der Waals surface area (Å²) in [5, 5.41) is 2.67. The Morgan fingerprint density at radius 1 is 0.943 bits per heavy atom. The number of aromatic nitrogens is 2. The van der Waals surface area contributed by atoms with E-state index >= 15 is 0 Å². The van der Waals surface area contributed by atoms with Gasteiger partial charge in [0.1, 0.15) is 0 Å². The summed E-state index contributed by atoms with van der Waals surface area (Å²) >= 11 is 0. The monoisotopic (exact) mass is 494 g/mol. The summed E-state index contributed by atoms with van der Waals surface area (Å²) in [4.78, 5) is 41.7. The fraction of sp³-hybridized carbons (Fsp3) is 0.125. The Bertz CT molecular complexity index is 1590. The first-order chi connectivity index (χ1) is 16.6. The molecule has 11 heteroatoms. The molecule has 1 heterocycles. The summed E-state index contributed by atoms with van der Waals surface area (Å²) in [7, 11) is -4.11. The van der Waals surface area contributed by atoms with Crippen LogP contribution in [0.3, 0.4) is 0 Å². The van der Waals surface area contributed by atoms with E-state index < -0.39 is 33.7 Å². The van der Waals surface area contributed by atoms with Crippen molar-refractivity contribution < 1.29 is 22.7 Å². The molecule has 1 aromatic heterocycles. The lowest BCUT2D eigenvalue weighted by Crippen LogP contribution is -2.30. The molecule has 0 bridgehead atoms. The van der Waals surface area contributed by atoms with Crippen LogP contribution in [0.2, 0.25) is 0 Å². The van der Waals surface area contributed by atoms with Crippen LogP contribution in [0.1, 0.15) is 22.8 Å². The molecule has 0 aliphatic carbocycles. The molecular weight excluding hydrogens is 472 g/mol. The lowest BCUT2D eigenvalue weighted by Gasteiger charge is -2.16. The number of hydrogen-bond donors (Lipinski definition) is 4. The van der Waals surface area contributed by atoms with Gasteiger partial charge < -0.3 is 20.0 Å². The number of imidazole rings is 1. The van der Waals surface area contributed by atoms with E-state index in [2.05, 4.69) is 20.0 Å². The van der Waals surface area contributed by atoms with Crippen LogP contribution >= 0.6 is 0 Å². The average molecular weight is 495 g/mol. The van der Waals surface area contributed by atoms with Crippen molar-refractivity contribution in [3.8, 4) is 0 Å². The van der Waals surface area contributed by atoms with Gasteiger partial charge in [0, 0.05) is 5.69 Å². The molecular formula is C24H22N4O6S. The van der Waals surface area contributed by atoms with Crippen molar-refractivity contribution >= 4 is 44.3 Å². The molecule has 0 radical (unpaired) electrons. The minimum Gasteiger partial charge on any atom is -0.449 e. The van der Waals surface area contributed by atoms with Gasteiger partial charge in [0.15, 0.2) is 6.10 Å². The van der Waals surface area contributed by atoms with Crippen molar-refractivity contribution in [2.75, 3.05) is 10.0 Å². The van der Waals surface area contributed by atoms with Crippen molar-refractivity contribution in [2.45, 2.75) is 24.8 Å². The number of anilines is 2. The first kappa shape index (κ1) is 23.8. The van der Waals surface area contributed by atoms with E-state index in [0.717, 1.165) is 5.56 Å². The number of ether oxygens (including phenoxy) is 1. The summed E-state index contributed by atoms with van der Waals surface area (Å²) in [5.41, 5.74) is 1.74. The maximum atomic E-state index is 13.0. The maximum absolute atomic E-state index is 13.0. The third-order valence-electron chi connectivity index (χ3n) is 5.13. The highest BCUT2D eigenvalue weighted by molar-refractivity contribution is 7.92. The maximum Gasteiger partial charge on any atom is 0.341 e. The number of para-hydroxylation sites is 1. The smallest absolute Gasteiger partial charge is 0.341 e. The van der Waals surface area contributed by atoms with Crippen LogP contribution in [0, 0.1) is 6.92 Å². The van der Waals surface area contributed by atoms with Crippen LogP contribution in [-0.4, -0.2) is 36.4 Å². The molecule has 4 N–H and O–H groups in total. The molecule has 4 rings (SSSR count). The zero-order chi connectivity index (χ0) is 25.2. The molecule has 35 heavy (non-hydrogen) atoms. The van der Waals surface area contributed by atoms with Crippen LogP contribution in [0.15, 0.2) is 76.4 Å². The second-order valence-electron chi connectivity index (χ2n) is 7.84. The van der Waals surface area contributed by atoms with Crippen molar-refractivity contribution in [3.05, 3.63) is 88.3 Å². The Balaban J connectivity index is 1.51. The molecule has 0 saturated carbocycles. The van der Waals surface area contributed by atoms with E-state index in [1.807, 2.05) is 13.0 Å². The van der Waals surface area contributed by atoms with E-state index in [4.69, 9.17) is 4.74 Å². The van der Waals surface area contributed by atoms with Crippen LogP contribution in [0.4, 0.5) is 11.4 Å². The summed E-state index contributed by atoms with van der Waals surface area (Å²) in [6.45, 7) is 3.30. The molecule has 0 spiro atoms. The van der Waals surface area contributed by atoms with Crippen LogP contribution in [-0.2, 0) is 19.6 Å². The van der Waals surface area contributed by atoms with Crippen molar-refractivity contribution in [2.24, 2.45) is 0 Å². The molecule has 0 saturated heterocycles. The number of carbonyl (C=O) groups excluding carboxylic acids is 2. The van der Waals surface area contributed by atoms with Gasteiger partial charge in [-0.1, -0.05) is 24.3 Å². The Labute approximate surface area is 200 Å². The average Bonchev–Trinajstić information content (AvgIpc) is 3.18. The van der Waals surface area contributed by atoms with Crippen molar-refractivity contribution in [1.29, 1.82) is 0 Å². The van der Waals surface area contributed by atoms with Gasteiger partial charge in [-0.3, -0.25) is 9.52 Å². The Hall–Kier alpha value is -4.38. The molecule has 10 nitrogen and oxygen atoms in total. The number of nitrogens with one attached hydrogen (secondary N) is 4. The van der Waals surface area contributed by atoms with E-state index in [0.29, 0.717) is 16.7 Å². The highest BCUT2D eigenvalue weighted by atomic mass is 32.2. The number of fused-ring (bicyclic) bond motifs is 1. The van der Waals surface area contributed by atoms with Gasteiger partial charge in [-0.05, 0) is 61.9 Å². The summed E-state index contributed by atoms with van der Waals surface area (Å²) in [5.74, 6) is -1.41. The summed E-state index contributed by atoms with van der Waals surface area (Å²) in [6, 6.07) is 17.1. The van der Waals surface area contributed by atoms with Gasteiger partial charge in [0.05, 0.1) is 27.2 Å². The molecule has 0 aliphatic heterocycles. The quantitative estimate of drug-likeness (QED) is 0.290. The van der Waals surface area contributed by atoms with Crippen LogP contribution < -0.4 is 15.7 Å². The second-order valence-corrected chi connectivity index (χ2v) is 9.53. The molecule has 0 aliphatic rings. The molecule has 1 unspecified atom stereocenters. The third kappa shape index (κ3) is 5.41. The summed E-state index contributed by atoms with van der Waals surface area (Å²) < 4.78 is 33.6. The van der Waals surface area contributed by atoms with E-state index in [9.17, 15) is 22.8 Å². The first-order valence-corrected chi connectivity index (χ1v) is 12.0. The van der Waals surface area contributed by atoms with E-state index in [1.54, 1.807) is 30.3 Å². The lowest BCUT2D eigenvalue weighted by atomic mass is 10.2. The van der Waals surface area contributed by atoms with Gasteiger partial charge >= 0.3 is 11.7 Å². The number of H-pyrrole nitrogens is 2. The first-order valence-electron chi connectivity index (χ1n) is 10.5. The van der Waals surface area contributed by atoms with E-state index in [1.165, 1.54) is 37.3 Å². The Morgan fingerprint density at radius 3 is 2.46 bits per heavy atom. The zero-order valence-electron chi connectivity index (χ0n) is 18.8. The van der Waals surface area contributed by atoms with Crippen molar-refractivity contribution in [1.82, 2.24) is 9.97 Å². The Kier molecular flexibility index (Phi) is 6.43. The SMILES string of the molecule is Cc1cccc(NC(=O)C(C)OC(=O)c2ccccc2NS(=O)(=O)c2ccc3[nH]c(=O)[nH]c3c2)c1. The number of amides is 1. The minimum absolute atomic E-state index is 0.0218. The molecule has 4 aromatic rings. The van der Waals surface area contributed by atoms with E-state index in [-0.39, 0.29) is 16.1 Å². The normalized spacial score (nSPS) is 12.2. The van der Waals surface area contributed by atoms with Gasteiger partial charge in [0.25, 0.3) is 15.9 Å². The number of rotatable bonds is 7. The number of aromatic amines is 2. The number of carbonyl (C=O) groups is 2. The third-order valence-corrected chi connectivity index (χ3v) is 6.49.